The molecule has 146 valence electrons. The first kappa shape index (κ1) is 20.9. The maximum atomic E-state index is 12.3. The Kier molecular flexibility index (Phi) is 6.74. The molecule has 0 aromatic heterocycles. The Morgan fingerprint density at radius 2 is 0.821 bits per heavy atom. The van der Waals surface area contributed by atoms with Gasteiger partial charge in [0.25, 0.3) is 11.8 Å². The summed E-state index contributed by atoms with van der Waals surface area (Å²) >= 11 is 0. The van der Waals surface area contributed by atoms with E-state index in [0.29, 0.717) is 0 Å². The Balaban J connectivity index is 2.41. The molecule has 0 radical (unpaired) electrons. The summed E-state index contributed by atoms with van der Waals surface area (Å²) < 4.78 is 44.8. The number of hydrogen-bond acceptors (Lipinski definition) is 8. The lowest BCUT2D eigenvalue weighted by atomic mass is 10.2. The second-order valence-corrected chi connectivity index (χ2v) is 6.80. The number of carbonyl (C=O) groups excluding carboxylic acids is 4. The van der Waals surface area contributed by atoms with E-state index in [1.807, 2.05) is 0 Å². The van der Waals surface area contributed by atoms with Gasteiger partial charge in [-0.3, -0.25) is 19.2 Å². The van der Waals surface area contributed by atoms with Crippen molar-refractivity contribution in [3.8, 4) is 0 Å². The summed E-state index contributed by atoms with van der Waals surface area (Å²) in [7, 11) is -7.88. The van der Waals surface area contributed by atoms with E-state index in [1.54, 1.807) is 0 Å². The number of hydrogen-bond donors (Lipinski definition) is 2. The predicted molar refractivity (Wildman–Crippen MR) is 95.9 cm³/mol. The first-order chi connectivity index (χ1) is 13.3. The maximum absolute atomic E-state index is 12.3. The van der Waals surface area contributed by atoms with E-state index in [2.05, 4.69) is 0 Å². The summed E-state index contributed by atoms with van der Waals surface area (Å²) in [4.78, 5) is 49.1. The average molecular weight is 424 g/mol. The number of carbonyl (C=O) groups is 4. The van der Waals surface area contributed by atoms with Crippen LogP contribution >= 0.6 is 0 Å². The van der Waals surface area contributed by atoms with E-state index >= 15 is 0 Å². The molecule has 12 heteroatoms. The average Bonchev–Trinajstić information content (AvgIpc) is 2.68. The third-order valence-electron chi connectivity index (χ3n) is 3.32. The van der Waals surface area contributed by atoms with E-state index in [1.165, 1.54) is 60.7 Å². The van der Waals surface area contributed by atoms with E-state index in [-0.39, 0.29) is 11.1 Å². The van der Waals surface area contributed by atoms with E-state index < -0.39 is 54.0 Å². The minimum Gasteiger partial charge on any atom is -0.267 e. The Hall–Kier alpha value is -3.38. The van der Waals surface area contributed by atoms with Crippen LogP contribution in [0.15, 0.2) is 60.7 Å². The van der Waals surface area contributed by atoms with Crippen LogP contribution in [0.4, 0.5) is 0 Å². The third kappa shape index (κ3) is 4.47. The predicted octanol–water partition coefficient (Wildman–Crippen LogP) is -0.623. The zero-order valence-corrected chi connectivity index (χ0v) is 15.6. The highest BCUT2D eigenvalue weighted by Crippen LogP contribution is 2.10. The van der Waals surface area contributed by atoms with Crippen molar-refractivity contribution in [1.29, 1.82) is 0 Å². The smallest absolute Gasteiger partial charge is 0.267 e. The number of amides is 4. The lowest BCUT2D eigenvalue weighted by molar-refractivity contribution is -0.143. The number of rotatable bonds is 4. The highest BCUT2D eigenvalue weighted by molar-refractivity contribution is 7.72. The molecule has 0 spiro atoms. The van der Waals surface area contributed by atoms with E-state index in [9.17, 15) is 36.0 Å². The van der Waals surface area contributed by atoms with Crippen molar-refractivity contribution in [2.24, 2.45) is 0 Å². The first-order valence-electron chi connectivity index (χ1n) is 7.41. The SMILES string of the molecule is O=C(C(=O)N(C(=O)c1ccccc1)[SH](=O)=O)N(C(=O)c1ccccc1)[SH](=O)=O. The van der Waals surface area contributed by atoms with Crippen molar-refractivity contribution in [1.82, 2.24) is 8.61 Å². The van der Waals surface area contributed by atoms with Crippen molar-refractivity contribution >= 4 is 45.4 Å². The van der Waals surface area contributed by atoms with Gasteiger partial charge in [-0.2, -0.15) is 8.61 Å². The normalized spacial score (nSPS) is 10.5. The second kappa shape index (κ2) is 9.01. The van der Waals surface area contributed by atoms with Gasteiger partial charge in [0.1, 0.15) is 0 Å². The highest BCUT2D eigenvalue weighted by Gasteiger charge is 2.38. The topological polar surface area (TPSA) is 143 Å². The molecular formula is C16H12N2O8S2. The van der Waals surface area contributed by atoms with Gasteiger partial charge in [-0.25, -0.2) is 16.8 Å². The van der Waals surface area contributed by atoms with Gasteiger partial charge in [-0.15, -0.1) is 0 Å². The zero-order valence-electron chi connectivity index (χ0n) is 13.8. The largest absolute Gasteiger partial charge is 0.334 e. The molecule has 28 heavy (non-hydrogen) atoms. The summed E-state index contributed by atoms with van der Waals surface area (Å²) in [6.07, 6.45) is 0. The summed E-state index contributed by atoms with van der Waals surface area (Å²) in [5.74, 6) is -6.76. The molecule has 0 bridgehead atoms. The lowest BCUT2D eigenvalue weighted by Crippen LogP contribution is -2.48. The van der Waals surface area contributed by atoms with Crippen LogP contribution in [0.25, 0.3) is 0 Å². The van der Waals surface area contributed by atoms with Crippen LogP contribution in [0.5, 0.6) is 0 Å². The molecule has 0 saturated heterocycles. The van der Waals surface area contributed by atoms with Crippen LogP contribution in [0.3, 0.4) is 0 Å². The summed E-state index contributed by atoms with van der Waals surface area (Å²) in [6.45, 7) is 0. The minimum atomic E-state index is -3.94. The maximum Gasteiger partial charge on any atom is 0.334 e. The molecule has 2 rings (SSSR count). The van der Waals surface area contributed by atoms with Crippen LogP contribution in [0.2, 0.25) is 0 Å². The third-order valence-corrected chi connectivity index (χ3v) is 4.70. The Bertz CT molecular complexity index is 975. The highest BCUT2D eigenvalue weighted by atomic mass is 32.2. The fourth-order valence-corrected chi connectivity index (χ4v) is 3.06. The lowest BCUT2D eigenvalue weighted by Gasteiger charge is -2.17. The number of benzene rings is 2. The van der Waals surface area contributed by atoms with E-state index in [4.69, 9.17) is 0 Å². The fourth-order valence-electron chi connectivity index (χ4n) is 2.07. The Morgan fingerprint density at radius 3 is 1.07 bits per heavy atom. The van der Waals surface area contributed by atoms with Gasteiger partial charge in [-0.05, 0) is 24.3 Å². The summed E-state index contributed by atoms with van der Waals surface area (Å²) in [6, 6.07) is 13.3. The number of thiol groups is 2. The molecule has 0 atom stereocenters. The van der Waals surface area contributed by atoms with Crippen LogP contribution in [-0.2, 0) is 31.4 Å². The van der Waals surface area contributed by atoms with E-state index in [0.717, 1.165) is 0 Å². The molecule has 0 N–H and O–H groups in total. The first-order valence-corrected chi connectivity index (χ1v) is 9.67. The molecule has 0 saturated carbocycles. The van der Waals surface area contributed by atoms with Crippen LogP contribution in [-0.4, -0.2) is 49.1 Å². The summed E-state index contributed by atoms with van der Waals surface area (Å²) in [5.41, 5.74) is -0.481. The molecule has 0 aliphatic heterocycles. The van der Waals surface area contributed by atoms with Crippen LogP contribution in [0, 0.1) is 0 Å². The van der Waals surface area contributed by atoms with Crippen molar-refractivity contribution in [2.75, 3.05) is 0 Å². The summed E-state index contributed by atoms with van der Waals surface area (Å²) in [5, 5.41) is 0. The quantitative estimate of drug-likeness (QED) is 0.488. The van der Waals surface area contributed by atoms with Gasteiger partial charge < -0.3 is 0 Å². The van der Waals surface area contributed by atoms with Crippen molar-refractivity contribution in [3.63, 3.8) is 0 Å². The van der Waals surface area contributed by atoms with Crippen molar-refractivity contribution < 1.29 is 36.0 Å². The molecule has 0 aliphatic rings. The van der Waals surface area contributed by atoms with Gasteiger partial charge in [0.2, 0.25) is 21.8 Å². The second-order valence-electron chi connectivity index (χ2n) is 5.05. The number of imide groups is 2. The number of nitrogens with zero attached hydrogens (tertiary/aromatic N) is 2. The zero-order chi connectivity index (χ0) is 20.8. The molecule has 0 heterocycles. The molecule has 4 amide bonds. The van der Waals surface area contributed by atoms with Gasteiger partial charge in [0, 0.05) is 11.1 Å². The standard InChI is InChI=1S/C16H12N2O8S2/c19-13(11-7-3-1-4-8-11)17(27(23)24)15(21)16(22)18(28(25)26)14(20)12-9-5-2-6-10-12/h1-10,27-28H. The van der Waals surface area contributed by atoms with Crippen molar-refractivity contribution in [3.05, 3.63) is 71.8 Å². The monoisotopic (exact) mass is 424 g/mol. The molecule has 0 unspecified atom stereocenters. The molecule has 0 fully saturated rings. The minimum absolute atomic E-state index is 0.240. The molecule has 2 aromatic rings. The van der Waals surface area contributed by atoms with Gasteiger partial charge >= 0.3 is 11.8 Å². The Morgan fingerprint density at radius 1 is 0.536 bits per heavy atom. The van der Waals surface area contributed by atoms with Gasteiger partial charge in [-0.1, -0.05) is 36.4 Å². The molecular weight excluding hydrogens is 412 g/mol. The van der Waals surface area contributed by atoms with Crippen LogP contribution in [0.1, 0.15) is 20.7 Å². The fraction of sp³-hybridized carbons (Fsp3) is 0. The van der Waals surface area contributed by atoms with Crippen LogP contribution < -0.4 is 0 Å². The molecule has 10 nitrogen and oxygen atoms in total. The van der Waals surface area contributed by atoms with Gasteiger partial charge in [0.05, 0.1) is 0 Å². The van der Waals surface area contributed by atoms with Gasteiger partial charge in [0.15, 0.2) is 0 Å². The Labute approximate surface area is 162 Å². The molecule has 0 aliphatic carbocycles. The van der Waals surface area contributed by atoms with Crippen molar-refractivity contribution in [2.45, 2.75) is 0 Å². The molecule has 2 aromatic carbocycles.